The zero-order valence-electron chi connectivity index (χ0n) is 12.6. The normalized spacial score (nSPS) is 13.2. The minimum Gasteiger partial charge on any atom is -0.444 e. The van der Waals surface area contributed by atoms with Crippen LogP contribution in [0.15, 0.2) is 0 Å². The molecule has 0 aliphatic heterocycles. The van der Waals surface area contributed by atoms with Crippen LogP contribution in [0.5, 0.6) is 0 Å². The van der Waals surface area contributed by atoms with Gasteiger partial charge in [-0.3, -0.25) is 0 Å². The van der Waals surface area contributed by atoms with Crippen LogP contribution in [0, 0.1) is 6.92 Å². The quantitative estimate of drug-likeness (QED) is 0.651. The summed E-state index contributed by atoms with van der Waals surface area (Å²) in [6, 6.07) is 0.242. The van der Waals surface area contributed by atoms with E-state index in [0.29, 0.717) is 0 Å². The van der Waals surface area contributed by atoms with Gasteiger partial charge in [-0.1, -0.05) is 46.0 Å². The van der Waals surface area contributed by atoms with Gasteiger partial charge in [-0.25, -0.2) is 4.79 Å². The van der Waals surface area contributed by atoms with Crippen LogP contribution in [0.25, 0.3) is 0 Å². The fraction of sp³-hybridized carbons (Fsp3) is 0.867. The van der Waals surface area contributed by atoms with Crippen LogP contribution in [0.4, 0.5) is 4.79 Å². The number of ether oxygens (including phenoxy) is 1. The molecule has 1 atom stereocenters. The van der Waals surface area contributed by atoms with E-state index in [2.05, 4.69) is 19.2 Å². The third-order valence-corrected chi connectivity index (χ3v) is 2.68. The van der Waals surface area contributed by atoms with Gasteiger partial charge in [0.15, 0.2) is 0 Å². The lowest BCUT2D eigenvalue weighted by molar-refractivity contribution is 0.0498. The predicted octanol–water partition coefficient (Wildman–Crippen LogP) is 4.46. The number of hydrogen-bond donors (Lipinski definition) is 1. The van der Waals surface area contributed by atoms with E-state index in [4.69, 9.17) is 4.74 Å². The van der Waals surface area contributed by atoms with Gasteiger partial charge in [0.1, 0.15) is 5.60 Å². The summed E-state index contributed by atoms with van der Waals surface area (Å²) in [4.78, 5) is 11.7. The highest BCUT2D eigenvalue weighted by Crippen LogP contribution is 2.12. The largest absolute Gasteiger partial charge is 0.444 e. The smallest absolute Gasteiger partial charge is 0.407 e. The molecule has 18 heavy (non-hydrogen) atoms. The van der Waals surface area contributed by atoms with Crippen molar-refractivity contribution in [1.29, 1.82) is 0 Å². The standard InChI is InChI=1S/C15H30NO2/c1-6-8-10-12-13(11-9-7-2)16-14(17)18-15(3,4)5/h13H,1,6-12H2,2-5H3,(H,16,17)/t13-/m1/s1. The van der Waals surface area contributed by atoms with Gasteiger partial charge in [0, 0.05) is 6.04 Å². The van der Waals surface area contributed by atoms with Crippen molar-refractivity contribution in [2.45, 2.75) is 84.3 Å². The van der Waals surface area contributed by atoms with E-state index >= 15 is 0 Å². The van der Waals surface area contributed by atoms with Crippen molar-refractivity contribution < 1.29 is 9.53 Å². The SMILES string of the molecule is [CH2]CCCC[C@@H](CCCC)NC(=O)OC(C)(C)C. The van der Waals surface area contributed by atoms with E-state index in [1.54, 1.807) is 0 Å². The molecule has 0 rings (SSSR count). The van der Waals surface area contributed by atoms with Crippen LogP contribution >= 0.6 is 0 Å². The number of amides is 1. The first-order valence-corrected chi connectivity index (χ1v) is 7.17. The van der Waals surface area contributed by atoms with E-state index in [1.165, 1.54) is 0 Å². The highest BCUT2D eigenvalue weighted by molar-refractivity contribution is 5.68. The Labute approximate surface area is 113 Å². The first-order valence-electron chi connectivity index (χ1n) is 7.17. The molecule has 0 spiro atoms. The minimum atomic E-state index is -0.424. The van der Waals surface area contributed by atoms with Gasteiger partial charge in [-0.05, 0) is 33.6 Å². The molecule has 0 saturated carbocycles. The van der Waals surface area contributed by atoms with Gasteiger partial charge in [-0.15, -0.1) is 0 Å². The fourth-order valence-corrected chi connectivity index (χ4v) is 1.78. The van der Waals surface area contributed by atoms with Gasteiger partial charge in [0.25, 0.3) is 0 Å². The molecule has 1 amide bonds. The highest BCUT2D eigenvalue weighted by atomic mass is 16.6. The molecule has 1 radical (unpaired) electrons. The van der Waals surface area contributed by atoms with Crippen LogP contribution in [-0.2, 0) is 4.74 Å². The van der Waals surface area contributed by atoms with E-state index in [9.17, 15) is 4.79 Å². The summed E-state index contributed by atoms with van der Waals surface area (Å²) in [5.74, 6) is 0. The van der Waals surface area contributed by atoms with E-state index in [0.717, 1.165) is 44.9 Å². The molecule has 0 aliphatic rings. The minimum absolute atomic E-state index is 0.242. The fourth-order valence-electron chi connectivity index (χ4n) is 1.78. The first kappa shape index (κ1) is 17.3. The Morgan fingerprint density at radius 2 is 1.83 bits per heavy atom. The van der Waals surface area contributed by atoms with Crippen molar-refractivity contribution in [2.75, 3.05) is 0 Å². The molecule has 0 unspecified atom stereocenters. The Morgan fingerprint density at radius 1 is 1.22 bits per heavy atom. The molecule has 107 valence electrons. The maximum absolute atomic E-state index is 11.7. The number of unbranched alkanes of at least 4 members (excludes halogenated alkanes) is 3. The van der Waals surface area contributed by atoms with Gasteiger partial charge >= 0.3 is 6.09 Å². The average molecular weight is 256 g/mol. The van der Waals surface area contributed by atoms with E-state index in [-0.39, 0.29) is 12.1 Å². The molecule has 0 saturated heterocycles. The Balaban J connectivity index is 4.08. The summed E-state index contributed by atoms with van der Waals surface area (Å²) >= 11 is 0. The zero-order chi connectivity index (χ0) is 14.0. The summed E-state index contributed by atoms with van der Waals surface area (Å²) in [6.07, 6.45) is 7.27. The van der Waals surface area contributed by atoms with Crippen LogP contribution in [0.3, 0.4) is 0 Å². The first-order chi connectivity index (χ1) is 8.39. The lowest BCUT2D eigenvalue weighted by Crippen LogP contribution is -2.39. The number of rotatable bonds is 8. The second kappa shape index (κ2) is 9.23. The molecule has 0 fully saturated rings. The number of alkyl carbamates (subject to hydrolysis) is 1. The molecule has 1 N–H and O–H groups in total. The Morgan fingerprint density at radius 3 is 2.33 bits per heavy atom. The van der Waals surface area contributed by atoms with Gasteiger partial charge in [0.05, 0.1) is 0 Å². The zero-order valence-corrected chi connectivity index (χ0v) is 12.6. The lowest BCUT2D eigenvalue weighted by Gasteiger charge is -2.23. The van der Waals surface area contributed by atoms with Crippen molar-refractivity contribution in [2.24, 2.45) is 0 Å². The monoisotopic (exact) mass is 256 g/mol. The average Bonchev–Trinajstić information content (AvgIpc) is 2.23. The van der Waals surface area contributed by atoms with E-state index < -0.39 is 5.60 Å². The van der Waals surface area contributed by atoms with Gasteiger partial charge < -0.3 is 10.1 Å². The number of hydrogen-bond acceptors (Lipinski definition) is 2. The summed E-state index contributed by atoms with van der Waals surface area (Å²) in [7, 11) is 0. The molecule has 3 heteroatoms. The summed E-state index contributed by atoms with van der Waals surface area (Å²) < 4.78 is 5.29. The second-order valence-corrected chi connectivity index (χ2v) is 5.83. The molecule has 0 aromatic rings. The molecule has 0 aromatic carbocycles. The Bertz CT molecular complexity index is 221. The summed E-state index contributed by atoms with van der Waals surface area (Å²) in [6.45, 7) is 11.7. The molecule has 0 aliphatic carbocycles. The van der Waals surface area contributed by atoms with E-state index in [1.807, 2.05) is 20.8 Å². The van der Waals surface area contributed by atoms with Crippen LogP contribution in [-0.4, -0.2) is 17.7 Å². The summed E-state index contributed by atoms with van der Waals surface area (Å²) in [5.41, 5.74) is -0.424. The number of carbonyl (C=O) groups excluding carboxylic acids is 1. The van der Waals surface area contributed by atoms with Gasteiger partial charge in [-0.2, -0.15) is 0 Å². The lowest BCUT2D eigenvalue weighted by atomic mass is 10.0. The predicted molar refractivity (Wildman–Crippen MR) is 76.5 cm³/mol. The second-order valence-electron chi connectivity index (χ2n) is 5.83. The molecule has 0 bridgehead atoms. The molecular formula is C15H30NO2. The molecule has 0 aromatic heterocycles. The van der Waals surface area contributed by atoms with Crippen molar-refractivity contribution in [3.8, 4) is 0 Å². The topological polar surface area (TPSA) is 38.3 Å². The van der Waals surface area contributed by atoms with Gasteiger partial charge in [0.2, 0.25) is 0 Å². The number of nitrogens with one attached hydrogen (secondary N) is 1. The summed E-state index contributed by atoms with van der Waals surface area (Å²) in [5, 5.41) is 2.99. The highest BCUT2D eigenvalue weighted by Gasteiger charge is 2.18. The van der Waals surface area contributed by atoms with Crippen molar-refractivity contribution >= 4 is 6.09 Å². The third kappa shape index (κ3) is 10.4. The van der Waals surface area contributed by atoms with Crippen molar-refractivity contribution in [3.05, 3.63) is 6.92 Å². The third-order valence-electron chi connectivity index (χ3n) is 2.68. The van der Waals surface area contributed by atoms with Crippen molar-refractivity contribution in [3.63, 3.8) is 0 Å². The molecule has 0 heterocycles. The Hall–Kier alpha value is -0.730. The maximum Gasteiger partial charge on any atom is 0.407 e. The van der Waals surface area contributed by atoms with Crippen LogP contribution in [0.1, 0.15) is 72.6 Å². The van der Waals surface area contributed by atoms with Crippen molar-refractivity contribution in [1.82, 2.24) is 5.32 Å². The molecular weight excluding hydrogens is 226 g/mol. The number of carbonyl (C=O) groups is 1. The van der Waals surface area contributed by atoms with Crippen LogP contribution in [0.2, 0.25) is 0 Å². The maximum atomic E-state index is 11.7. The molecule has 3 nitrogen and oxygen atoms in total. The van der Waals surface area contributed by atoms with Crippen LogP contribution < -0.4 is 5.32 Å². The Kier molecular flexibility index (Phi) is 8.86.